The topological polar surface area (TPSA) is 74.3 Å². The Morgan fingerprint density at radius 1 is 0.889 bits per heavy atom. The van der Waals surface area contributed by atoms with Gasteiger partial charge in [0, 0.05) is 18.7 Å². The van der Waals surface area contributed by atoms with Gasteiger partial charge < -0.3 is 23.3 Å². The summed E-state index contributed by atoms with van der Waals surface area (Å²) in [5.41, 5.74) is 0.860. The number of hydrogen-bond acceptors (Lipinski definition) is 7. The summed E-state index contributed by atoms with van der Waals surface area (Å²) in [6.07, 6.45) is 0. The minimum absolute atomic E-state index is 0.131. The van der Waals surface area contributed by atoms with Gasteiger partial charge in [0.05, 0.1) is 27.1 Å². The third-order valence-electron chi connectivity index (χ3n) is 3.92. The molecule has 0 amide bonds. The van der Waals surface area contributed by atoms with E-state index in [9.17, 15) is 8.42 Å². The second-order valence-electron chi connectivity index (χ2n) is 5.89. The highest BCUT2D eigenvalue weighted by atomic mass is 32.2. The first-order valence-electron chi connectivity index (χ1n) is 8.33. The smallest absolute Gasteiger partial charge is 0.310 e. The predicted molar refractivity (Wildman–Crippen MR) is 103 cm³/mol. The van der Waals surface area contributed by atoms with Crippen LogP contribution in [0.25, 0.3) is 0 Å². The SMILES string of the molecule is COc1ccc(CN(C)CCS(=O)(=O)Oc2ccccc2)c(OC)c1OC. The highest BCUT2D eigenvalue weighted by Gasteiger charge is 2.18. The van der Waals surface area contributed by atoms with Gasteiger partial charge in [0.15, 0.2) is 11.5 Å². The Hall–Kier alpha value is -2.45. The van der Waals surface area contributed by atoms with E-state index in [4.69, 9.17) is 18.4 Å². The van der Waals surface area contributed by atoms with Gasteiger partial charge in [-0.2, -0.15) is 8.42 Å². The average molecular weight is 395 g/mol. The number of nitrogens with zero attached hydrogens (tertiary/aromatic N) is 1. The third-order valence-corrected chi connectivity index (χ3v) is 5.04. The fourth-order valence-corrected chi connectivity index (χ4v) is 3.61. The van der Waals surface area contributed by atoms with Gasteiger partial charge >= 0.3 is 10.1 Å². The maximum Gasteiger partial charge on any atom is 0.310 e. The molecule has 2 rings (SSSR count). The van der Waals surface area contributed by atoms with Crippen molar-refractivity contribution >= 4 is 10.1 Å². The van der Waals surface area contributed by atoms with Crippen LogP contribution in [0.3, 0.4) is 0 Å². The lowest BCUT2D eigenvalue weighted by molar-refractivity contribution is 0.306. The molecule has 0 aliphatic carbocycles. The van der Waals surface area contributed by atoms with Crippen LogP contribution in [0.2, 0.25) is 0 Å². The number of benzene rings is 2. The van der Waals surface area contributed by atoms with E-state index in [1.54, 1.807) is 57.7 Å². The summed E-state index contributed by atoms with van der Waals surface area (Å²) in [6.45, 7) is 0.775. The Morgan fingerprint density at radius 2 is 1.56 bits per heavy atom. The lowest BCUT2D eigenvalue weighted by Crippen LogP contribution is -2.27. The zero-order chi connectivity index (χ0) is 19.9. The van der Waals surface area contributed by atoms with Crippen molar-refractivity contribution in [3.63, 3.8) is 0 Å². The molecule has 0 atom stereocenters. The van der Waals surface area contributed by atoms with Crippen LogP contribution in [0, 0.1) is 0 Å². The minimum atomic E-state index is -3.68. The molecule has 0 aliphatic heterocycles. The van der Waals surface area contributed by atoms with E-state index in [1.165, 1.54) is 0 Å². The van der Waals surface area contributed by atoms with E-state index in [2.05, 4.69) is 0 Å². The zero-order valence-corrected chi connectivity index (χ0v) is 16.8. The molecule has 0 saturated carbocycles. The first-order chi connectivity index (χ1) is 12.9. The largest absolute Gasteiger partial charge is 0.493 e. The lowest BCUT2D eigenvalue weighted by atomic mass is 10.1. The zero-order valence-electron chi connectivity index (χ0n) is 16.0. The highest BCUT2D eigenvalue weighted by molar-refractivity contribution is 7.87. The fraction of sp³-hybridized carbons (Fsp3) is 0.368. The Balaban J connectivity index is 2.02. The second-order valence-corrected chi connectivity index (χ2v) is 7.58. The minimum Gasteiger partial charge on any atom is -0.493 e. The molecule has 0 spiro atoms. The summed E-state index contributed by atoms with van der Waals surface area (Å²) in [6, 6.07) is 12.1. The quantitative estimate of drug-likeness (QED) is 0.572. The summed E-state index contributed by atoms with van der Waals surface area (Å²) in [4.78, 5) is 1.87. The van der Waals surface area contributed by atoms with Crippen LogP contribution in [-0.2, 0) is 16.7 Å². The van der Waals surface area contributed by atoms with E-state index in [1.807, 2.05) is 18.0 Å². The van der Waals surface area contributed by atoms with Crippen molar-refractivity contribution in [2.24, 2.45) is 0 Å². The molecule has 0 aromatic heterocycles. The van der Waals surface area contributed by atoms with E-state index in [0.29, 0.717) is 36.1 Å². The summed E-state index contributed by atoms with van der Waals surface area (Å²) in [7, 11) is 2.80. The van der Waals surface area contributed by atoms with Crippen molar-refractivity contribution in [2.45, 2.75) is 6.54 Å². The van der Waals surface area contributed by atoms with E-state index in [-0.39, 0.29) is 5.75 Å². The van der Waals surface area contributed by atoms with E-state index in [0.717, 1.165) is 5.56 Å². The summed E-state index contributed by atoms with van der Waals surface area (Å²) >= 11 is 0. The molecule has 0 fully saturated rings. The Bertz CT molecular complexity index is 839. The Kier molecular flexibility index (Phi) is 7.32. The van der Waals surface area contributed by atoms with Crippen LogP contribution in [0.1, 0.15) is 5.56 Å². The monoisotopic (exact) mass is 395 g/mol. The molecule has 2 aromatic carbocycles. The maximum atomic E-state index is 12.2. The molecule has 2 aromatic rings. The molecule has 0 aliphatic rings. The molecule has 148 valence electrons. The summed E-state index contributed by atoms with van der Waals surface area (Å²) in [5.74, 6) is 1.81. The van der Waals surface area contributed by atoms with Crippen LogP contribution in [-0.4, -0.2) is 54.0 Å². The first-order valence-corrected chi connectivity index (χ1v) is 9.91. The van der Waals surface area contributed by atoms with Gasteiger partial charge in [-0.3, -0.25) is 0 Å². The average Bonchev–Trinajstić information content (AvgIpc) is 2.66. The van der Waals surface area contributed by atoms with Crippen molar-refractivity contribution in [1.29, 1.82) is 0 Å². The maximum absolute atomic E-state index is 12.2. The van der Waals surface area contributed by atoms with Gasteiger partial charge in [-0.15, -0.1) is 0 Å². The third kappa shape index (κ3) is 5.77. The molecule has 0 N–H and O–H groups in total. The van der Waals surface area contributed by atoms with Gasteiger partial charge in [-0.25, -0.2) is 0 Å². The van der Waals surface area contributed by atoms with Crippen LogP contribution < -0.4 is 18.4 Å². The number of ether oxygens (including phenoxy) is 3. The second kappa shape index (κ2) is 9.48. The van der Waals surface area contributed by atoms with Crippen LogP contribution in [0.5, 0.6) is 23.0 Å². The van der Waals surface area contributed by atoms with Gasteiger partial charge in [0.1, 0.15) is 5.75 Å². The van der Waals surface area contributed by atoms with Crippen LogP contribution in [0.15, 0.2) is 42.5 Å². The number of rotatable bonds is 10. The van der Waals surface area contributed by atoms with Crippen molar-refractivity contribution in [3.8, 4) is 23.0 Å². The predicted octanol–water partition coefficient (Wildman–Crippen LogP) is 2.55. The van der Waals surface area contributed by atoms with Gasteiger partial charge in [0.2, 0.25) is 5.75 Å². The van der Waals surface area contributed by atoms with Crippen molar-refractivity contribution in [3.05, 3.63) is 48.0 Å². The molecule has 0 radical (unpaired) electrons. The molecule has 8 heteroatoms. The molecule has 27 heavy (non-hydrogen) atoms. The molecule has 0 saturated heterocycles. The lowest BCUT2D eigenvalue weighted by Gasteiger charge is -2.20. The highest BCUT2D eigenvalue weighted by Crippen LogP contribution is 2.40. The van der Waals surface area contributed by atoms with Gasteiger partial charge in [-0.05, 0) is 25.2 Å². The van der Waals surface area contributed by atoms with Gasteiger partial charge in [-0.1, -0.05) is 24.3 Å². The Morgan fingerprint density at radius 3 is 2.15 bits per heavy atom. The fourth-order valence-electron chi connectivity index (χ4n) is 2.59. The molecular formula is C19H25NO6S. The van der Waals surface area contributed by atoms with Crippen molar-refractivity contribution < 1.29 is 26.8 Å². The molecule has 0 bridgehead atoms. The number of methoxy groups -OCH3 is 3. The number of para-hydroxylation sites is 1. The molecule has 0 heterocycles. The number of hydrogen-bond donors (Lipinski definition) is 0. The molecular weight excluding hydrogens is 370 g/mol. The summed E-state index contributed by atoms with van der Waals surface area (Å²) in [5, 5.41) is 0. The van der Waals surface area contributed by atoms with Crippen molar-refractivity contribution in [1.82, 2.24) is 4.90 Å². The van der Waals surface area contributed by atoms with E-state index < -0.39 is 10.1 Å². The molecule has 7 nitrogen and oxygen atoms in total. The van der Waals surface area contributed by atoms with Crippen LogP contribution in [0.4, 0.5) is 0 Å². The van der Waals surface area contributed by atoms with Crippen LogP contribution >= 0.6 is 0 Å². The molecule has 0 unspecified atom stereocenters. The summed E-state index contributed by atoms with van der Waals surface area (Å²) < 4.78 is 45.5. The Labute approximate surface area is 160 Å². The van der Waals surface area contributed by atoms with E-state index >= 15 is 0 Å². The van der Waals surface area contributed by atoms with Crippen molar-refractivity contribution in [2.75, 3.05) is 40.7 Å². The standard InChI is InChI=1S/C19H25NO6S/c1-20(12-13-27(21,22)26-16-8-6-5-7-9-16)14-15-10-11-17(23-2)19(25-4)18(15)24-3/h5-11H,12-14H2,1-4H3. The van der Waals surface area contributed by atoms with Gasteiger partial charge in [0.25, 0.3) is 0 Å². The normalized spacial score (nSPS) is 11.3. The first kappa shape index (κ1) is 20.9.